The van der Waals surface area contributed by atoms with E-state index in [0.717, 1.165) is 0 Å². The van der Waals surface area contributed by atoms with Crippen molar-refractivity contribution in [1.29, 1.82) is 0 Å². The van der Waals surface area contributed by atoms with E-state index in [-0.39, 0.29) is 6.15 Å². The molecule has 0 aliphatic carbocycles. The van der Waals surface area contributed by atoms with E-state index < -0.39 is 11.4 Å². The molecule has 13 heavy (non-hydrogen) atoms. The number of hydrogen-bond donors (Lipinski definition) is 0. The molecule has 0 saturated carbocycles. The van der Waals surface area contributed by atoms with E-state index in [1.807, 2.05) is 32.0 Å². The van der Waals surface area contributed by atoms with Crippen LogP contribution in [0.1, 0.15) is 11.1 Å². The van der Waals surface area contributed by atoms with Crippen LogP contribution >= 0.6 is 30.1 Å². The Bertz CT molecular complexity index is 210. The largest absolute Gasteiger partial charge is 0.693 e. The van der Waals surface area contributed by atoms with Crippen LogP contribution in [-0.4, -0.2) is 0 Å². The van der Waals surface area contributed by atoms with E-state index in [1.165, 1.54) is 11.1 Å². The quantitative estimate of drug-likeness (QED) is 0.606. The van der Waals surface area contributed by atoms with Crippen LogP contribution < -0.4 is 0 Å². The van der Waals surface area contributed by atoms with Gasteiger partial charge < -0.3 is 6.15 Å². The number of halogens is 3. The van der Waals surface area contributed by atoms with E-state index in [1.54, 1.807) is 0 Å². The van der Waals surface area contributed by atoms with Gasteiger partial charge in [0, 0.05) is 0 Å². The Morgan fingerprint density at radius 2 is 1.38 bits per heavy atom. The zero-order chi connectivity index (χ0) is 9.56. The van der Waals surface area contributed by atoms with Crippen LogP contribution in [0.5, 0.6) is 0 Å². The molecule has 0 heterocycles. The summed E-state index contributed by atoms with van der Waals surface area (Å²) in [5.41, 5.74) is 2.43. The van der Waals surface area contributed by atoms with Gasteiger partial charge in [-0.1, -0.05) is 13.8 Å². The predicted molar refractivity (Wildman–Crippen MR) is 57.6 cm³/mol. The number of hydrogen-bond acceptors (Lipinski definition) is 0. The topological polar surface area (TPSA) is 33.5 Å². The number of rotatable bonds is 0. The molecule has 0 bridgehead atoms. The summed E-state index contributed by atoms with van der Waals surface area (Å²) in [4.78, 5) is 0. The van der Waals surface area contributed by atoms with E-state index in [4.69, 9.17) is 30.1 Å². The second-order valence-corrected chi connectivity index (χ2v) is 8.51. The normalized spacial score (nSPS) is 8.46. The third-order valence-corrected chi connectivity index (χ3v) is 1.09. The summed E-state index contributed by atoms with van der Waals surface area (Å²) in [5.74, 6) is 0. The summed E-state index contributed by atoms with van der Waals surface area (Å²) in [7, 11) is 14.8. The molecule has 0 atom stereocenters. The molecule has 5 heteroatoms. The summed E-state index contributed by atoms with van der Waals surface area (Å²) in [6.45, 7) is 4.10. The molecular weight excluding hydrogens is 268 g/mol. The molecule has 0 fully saturated rings. The van der Waals surface area contributed by atoms with Gasteiger partial charge in [0.2, 0.25) is 0 Å². The first-order valence-electron chi connectivity index (χ1n) is 3.21. The monoisotopic (exact) mass is 278 g/mol. The molecule has 0 saturated heterocycles. The maximum Gasteiger partial charge on any atom is -0.693 e. The smallest absolute Gasteiger partial charge is 0.693 e. The van der Waals surface area contributed by atoms with Gasteiger partial charge in [-0.05, 0) is 0 Å². The summed E-state index contributed by atoms with van der Waals surface area (Å²) in [5, 5.41) is 0. The van der Waals surface area contributed by atoms with Crippen LogP contribution in [0.25, 0.3) is 6.15 Å². The zero-order valence-corrected chi connectivity index (χ0v) is 10.9. The van der Waals surface area contributed by atoms with Crippen molar-refractivity contribution in [1.82, 2.24) is 0 Å². The van der Waals surface area contributed by atoms with Gasteiger partial charge in [-0.15, -0.1) is 0 Å². The summed E-state index contributed by atoms with van der Waals surface area (Å²) in [6, 6.07) is 9.31. The molecule has 2 N–H and O–H groups in total. The molecule has 1 aromatic rings. The first kappa shape index (κ1) is 16.0. The van der Waals surface area contributed by atoms with Crippen molar-refractivity contribution in [2.45, 2.75) is 13.8 Å². The van der Waals surface area contributed by atoms with Gasteiger partial charge in [0.15, 0.2) is 0 Å². The minimum Gasteiger partial charge on any atom is -0.693 e. The van der Waals surface area contributed by atoms with Crippen LogP contribution in [-0.2, 0) is 11.4 Å². The first-order chi connectivity index (χ1) is 5.52. The van der Waals surface area contributed by atoms with E-state index in [9.17, 15) is 0 Å². The van der Waals surface area contributed by atoms with Crippen LogP contribution in [0.15, 0.2) is 18.2 Å². The van der Waals surface area contributed by atoms with Crippen LogP contribution in [0.3, 0.4) is 0 Å². The molecule has 1 nitrogen and oxygen atoms in total. The number of nitrogens with two attached hydrogens (primary N) is 1. The van der Waals surface area contributed by atoms with Crippen molar-refractivity contribution >= 4 is 30.1 Å². The fourth-order valence-electron chi connectivity index (χ4n) is 0.731. The third-order valence-electron chi connectivity index (χ3n) is 1.09. The van der Waals surface area contributed by atoms with Crippen LogP contribution in [0.4, 0.5) is 0 Å². The molecule has 1 rings (SSSR count). The van der Waals surface area contributed by atoms with Crippen LogP contribution in [0, 0.1) is 19.9 Å². The Morgan fingerprint density at radius 1 is 1.08 bits per heavy atom. The van der Waals surface area contributed by atoms with Crippen LogP contribution in [0.2, 0.25) is 0 Å². The molecular formula is C8H11Cl3CrN-2. The molecule has 0 radical (unpaired) electrons. The predicted octanol–water partition coefficient (Wildman–Crippen LogP) is 4.89. The van der Waals surface area contributed by atoms with Crippen molar-refractivity contribution in [3.05, 3.63) is 41.5 Å². The molecule has 0 aliphatic rings. The molecule has 0 aliphatic heterocycles. The van der Waals surface area contributed by atoms with Gasteiger partial charge in [0.05, 0.1) is 0 Å². The standard InChI is InChI=1S/C8H9.3ClH.Cr.H2N/c1-7-4-3-5-8(2)6-7;;;;;/h3-5H,1-2H3;3*1H;;1H2/q-1;;;;+3;-1/p-3. The maximum atomic E-state index is 4.93. The molecule has 0 spiro atoms. The van der Waals surface area contributed by atoms with Crippen molar-refractivity contribution in [2.24, 2.45) is 0 Å². The fraction of sp³-hybridized carbons (Fsp3) is 0.250. The van der Waals surface area contributed by atoms with Gasteiger partial charge in [-0.3, -0.25) is 0 Å². The van der Waals surface area contributed by atoms with Crippen molar-refractivity contribution in [2.75, 3.05) is 0 Å². The van der Waals surface area contributed by atoms with Crippen molar-refractivity contribution < 1.29 is 11.4 Å². The Kier molecular flexibility index (Phi) is 11.3. The Balaban J connectivity index is 0. The molecule has 77 valence electrons. The van der Waals surface area contributed by atoms with Gasteiger partial charge in [0.1, 0.15) is 0 Å². The molecule has 1 aromatic carbocycles. The summed E-state index contributed by atoms with van der Waals surface area (Å²) < 4.78 is 0. The van der Waals surface area contributed by atoms with E-state index >= 15 is 0 Å². The van der Waals surface area contributed by atoms with E-state index in [0.29, 0.717) is 0 Å². The first-order valence-corrected chi connectivity index (χ1v) is 8.47. The second kappa shape index (κ2) is 9.15. The fourth-order valence-corrected chi connectivity index (χ4v) is 0.731. The zero-order valence-electron chi connectivity index (χ0n) is 7.35. The Labute approximate surface area is 96.6 Å². The minimum atomic E-state index is -1.62. The van der Waals surface area contributed by atoms with Gasteiger partial charge >= 0.3 is 41.5 Å². The number of benzene rings is 1. The Morgan fingerprint density at radius 3 is 1.54 bits per heavy atom. The van der Waals surface area contributed by atoms with Crippen molar-refractivity contribution in [3.8, 4) is 0 Å². The SMILES string of the molecule is Cc1[c-]c(C)ccc1.[Cl][Cr]([Cl])[Cl].[NH2-]. The van der Waals surface area contributed by atoms with E-state index in [2.05, 4.69) is 6.07 Å². The van der Waals surface area contributed by atoms with Gasteiger partial charge in [-0.25, -0.2) is 0 Å². The Hall–Kier alpha value is 0.582. The minimum absolute atomic E-state index is 0. The average molecular weight is 280 g/mol. The average Bonchev–Trinajstić information content (AvgIpc) is 1.84. The molecule has 0 amide bonds. The van der Waals surface area contributed by atoms with Gasteiger partial charge in [0.25, 0.3) is 0 Å². The maximum absolute atomic E-state index is 4.93. The molecule has 0 aromatic heterocycles. The summed E-state index contributed by atoms with van der Waals surface area (Å²) >= 11 is -1.62. The van der Waals surface area contributed by atoms with Gasteiger partial charge in [-0.2, -0.15) is 35.4 Å². The molecule has 0 unspecified atom stereocenters. The number of aryl methyl sites for hydroxylation is 2. The summed E-state index contributed by atoms with van der Waals surface area (Å²) in [6.07, 6.45) is 0. The third kappa shape index (κ3) is 12.6. The van der Waals surface area contributed by atoms with Crippen molar-refractivity contribution in [3.63, 3.8) is 0 Å². The second-order valence-electron chi connectivity index (χ2n) is 2.19.